The molecule has 3 rings (SSSR count). The zero-order valence-corrected chi connectivity index (χ0v) is 15.2. The molecular weight excluding hydrogens is 470 g/mol. The van der Waals surface area contributed by atoms with Crippen LogP contribution in [0.1, 0.15) is 12.0 Å². The standard InChI is InChI=1S/C18H14I2/c19-18(20)12-6-9-15(13-18)17-11-5-4-10-16(17)14-7-2-1-3-8-14/h1-12H,13H2. The van der Waals surface area contributed by atoms with Crippen molar-refractivity contribution in [2.24, 2.45) is 0 Å². The summed E-state index contributed by atoms with van der Waals surface area (Å²) in [7, 11) is 0. The molecule has 0 saturated heterocycles. The van der Waals surface area contributed by atoms with Gasteiger partial charge in [-0.15, -0.1) is 0 Å². The topological polar surface area (TPSA) is 0 Å². The highest BCUT2D eigenvalue weighted by atomic mass is 127. The summed E-state index contributed by atoms with van der Waals surface area (Å²) in [5, 5.41) is 0. The molecule has 2 aromatic carbocycles. The number of allylic oxidation sites excluding steroid dienone is 4. The van der Waals surface area contributed by atoms with Crippen LogP contribution in [0, 0.1) is 0 Å². The van der Waals surface area contributed by atoms with E-state index in [2.05, 4.69) is 118 Å². The molecule has 0 bridgehead atoms. The Morgan fingerprint density at radius 1 is 0.800 bits per heavy atom. The van der Waals surface area contributed by atoms with E-state index in [-0.39, 0.29) is 1.43 Å². The molecule has 2 aromatic rings. The number of hydrogen-bond acceptors (Lipinski definition) is 0. The SMILES string of the molecule is IC1(I)C=CC=C(c2ccccc2-c2ccccc2)C1. The van der Waals surface area contributed by atoms with Gasteiger partial charge in [0.05, 0.1) is 1.43 Å². The second-order valence-electron chi connectivity index (χ2n) is 4.90. The van der Waals surface area contributed by atoms with E-state index in [9.17, 15) is 0 Å². The minimum atomic E-state index is 0.184. The Balaban J connectivity index is 2.08. The van der Waals surface area contributed by atoms with Gasteiger partial charge >= 0.3 is 0 Å². The Kier molecular flexibility index (Phi) is 4.31. The van der Waals surface area contributed by atoms with Gasteiger partial charge in [-0.1, -0.05) is 118 Å². The van der Waals surface area contributed by atoms with Crippen molar-refractivity contribution in [1.29, 1.82) is 0 Å². The Bertz CT molecular complexity index is 667. The summed E-state index contributed by atoms with van der Waals surface area (Å²) < 4.78 is 0.184. The molecule has 0 unspecified atom stereocenters. The third kappa shape index (κ3) is 3.17. The number of rotatable bonds is 2. The fraction of sp³-hybridized carbons (Fsp3) is 0.111. The van der Waals surface area contributed by atoms with Gasteiger partial charge in [0.25, 0.3) is 0 Å². The van der Waals surface area contributed by atoms with Crippen molar-refractivity contribution in [3.63, 3.8) is 0 Å². The van der Waals surface area contributed by atoms with E-state index in [1.54, 1.807) is 0 Å². The minimum absolute atomic E-state index is 0.184. The number of hydrogen-bond donors (Lipinski definition) is 0. The van der Waals surface area contributed by atoms with Crippen molar-refractivity contribution < 1.29 is 0 Å². The normalized spacial score (nSPS) is 16.8. The first-order valence-corrected chi connectivity index (χ1v) is 8.72. The van der Waals surface area contributed by atoms with Crippen molar-refractivity contribution in [3.8, 4) is 11.1 Å². The first-order valence-electron chi connectivity index (χ1n) is 6.57. The van der Waals surface area contributed by atoms with E-state index in [4.69, 9.17) is 0 Å². The molecule has 2 heteroatoms. The van der Waals surface area contributed by atoms with Crippen LogP contribution in [0.2, 0.25) is 0 Å². The van der Waals surface area contributed by atoms with E-state index in [0.29, 0.717) is 0 Å². The summed E-state index contributed by atoms with van der Waals surface area (Å²) in [5.74, 6) is 0. The zero-order valence-electron chi connectivity index (χ0n) is 10.9. The van der Waals surface area contributed by atoms with Gasteiger partial charge in [0.2, 0.25) is 0 Å². The van der Waals surface area contributed by atoms with Crippen LogP contribution in [0.15, 0.2) is 72.8 Å². The van der Waals surface area contributed by atoms with Crippen LogP contribution in [-0.2, 0) is 0 Å². The van der Waals surface area contributed by atoms with Gasteiger partial charge < -0.3 is 0 Å². The summed E-state index contributed by atoms with van der Waals surface area (Å²) in [6.07, 6.45) is 7.76. The van der Waals surface area contributed by atoms with Crippen LogP contribution in [0.25, 0.3) is 16.7 Å². The zero-order chi connectivity index (χ0) is 14.0. The quantitative estimate of drug-likeness (QED) is 0.349. The Morgan fingerprint density at radius 3 is 2.15 bits per heavy atom. The molecule has 0 amide bonds. The molecule has 100 valence electrons. The van der Waals surface area contributed by atoms with Gasteiger partial charge in [-0.25, -0.2) is 0 Å². The van der Waals surface area contributed by atoms with Crippen LogP contribution in [0.5, 0.6) is 0 Å². The van der Waals surface area contributed by atoms with Crippen LogP contribution in [0.3, 0.4) is 0 Å². The Morgan fingerprint density at radius 2 is 1.45 bits per heavy atom. The molecule has 1 aliphatic rings. The second kappa shape index (κ2) is 6.02. The van der Waals surface area contributed by atoms with Gasteiger partial charge in [0, 0.05) is 6.42 Å². The lowest BCUT2D eigenvalue weighted by Gasteiger charge is -2.23. The van der Waals surface area contributed by atoms with Gasteiger partial charge in [-0.2, -0.15) is 0 Å². The third-order valence-electron chi connectivity index (χ3n) is 3.42. The van der Waals surface area contributed by atoms with Crippen molar-refractivity contribution >= 4 is 50.8 Å². The molecule has 0 fully saturated rings. The molecule has 0 nitrogen and oxygen atoms in total. The van der Waals surface area contributed by atoms with Gasteiger partial charge in [-0.05, 0) is 22.3 Å². The third-order valence-corrected chi connectivity index (χ3v) is 4.90. The van der Waals surface area contributed by atoms with Gasteiger partial charge in [-0.3, -0.25) is 0 Å². The Hall–Kier alpha value is -0.620. The predicted octanol–water partition coefficient (Wildman–Crippen LogP) is 6.26. The smallest absolute Gasteiger partial charge is 0.0639 e. The summed E-state index contributed by atoms with van der Waals surface area (Å²) in [5.41, 5.74) is 5.36. The monoisotopic (exact) mass is 484 g/mol. The van der Waals surface area contributed by atoms with Crippen LogP contribution in [-0.4, -0.2) is 1.43 Å². The summed E-state index contributed by atoms with van der Waals surface area (Å²) in [6.45, 7) is 0. The average molecular weight is 484 g/mol. The van der Waals surface area contributed by atoms with E-state index in [0.717, 1.165) is 6.42 Å². The average Bonchev–Trinajstić information content (AvgIpc) is 2.47. The first-order chi connectivity index (χ1) is 9.66. The molecule has 0 saturated carbocycles. The van der Waals surface area contributed by atoms with Crippen LogP contribution >= 0.6 is 45.2 Å². The van der Waals surface area contributed by atoms with E-state index in [1.807, 2.05) is 0 Å². The molecule has 0 radical (unpaired) electrons. The molecule has 0 atom stereocenters. The lowest BCUT2D eigenvalue weighted by atomic mass is 9.90. The minimum Gasteiger partial charge on any atom is -0.0639 e. The van der Waals surface area contributed by atoms with Crippen LogP contribution < -0.4 is 0 Å². The van der Waals surface area contributed by atoms with Crippen LogP contribution in [0.4, 0.5) is 0 Å². The number of benzene rings is 2. The van der Waals surface area contributed by atoms with Gasteiger partial charge in [0.1, 0.15) is 0 Å². The molecule has 0 aliphatic heterocycles. The fourth-order valence-electron chi connectivity index (χ4n) is 2.49. The van der Waals surface area contributed by atoms with Crippen molar-refractivity contribution in [2.75, 3.05) is 0 Å². The maximum absolute atomic E-state index is 2.52. The molecule has 0 spiro atoms. The lowest BCUT2D eigenvalue weighted by Crippen LogP contribution is -2.10. The van der Waals surface area contributed by atoms with E-state index in [1.165, 1.54) is 22.3 Å². The number of halogens is 2. The molecule has 0 aromatic heterocycles. The number of alkyl halides is 2. The van der Waals surface area contributed by atoms with Gasteiger partial charge in [0.15, 0.2) is 0 Å². The first kappa shape index (κ1) is 14.3. The molecular formula is C18H14I2. The maximum atomic E-state index is 2.52. The molecule has 0 N–H and O–H groups in total. The molecule has 0 heterocycles. The fourth-order valence-corrected chi connectivity index (χ4v) is 3.73. The lowest BCUT2D eigenvalue weighted by molar-refractivity contribution is 1.08. The predicted molar refractivity (Wildman–Crippen MR) is 104 cm³/mol. The van der Waals surface area contributed by atoms with Crippen molar-refractivity contribution in [2.45, 2.75) is 7.85 Å². The highest BCUT2D eigenvalue weighted by Gasteiger charge is 2.24. The largest absolute Gasteiger partial charge is 0.0956 e. The maximum Gasteiger partial charge on any atom is 0.0956 e. The summed E-state index contributed by atoms with van der Waals surface area (Å²) >= 11 is 5.04. The Labute approximate surface area is 147 Å². The highest BCUT2D eigenvalue weighted by molar-refractivity contribution is 14.2. The van der Waals surface area contributed by atoms with Crippen molar-refractivity contribution in [1.82, 2.24) is 0 Å². The van der Waals surface area contributed by atoms with E-state index < -0.39 is 0 Å². The second-order valence-corrected chi connectivity index (χ2v) is 10.8. The summed E-state index contributed by atoms with van der Waals surface area (Å²) in [4.78, 5) is 0. The molecule has 20 heavy (non-hydrogen) atoms. The molecule has 1 aliphatic carbocycles. The van der Waals surface area contributed by atoms with Crippen molar-refractivity contribution in [3.05, 3.63) is 78.4 Å². The summed E-state index contributed by atoms with van der Waals surface area (Å²) in [6, 6.07) is 19.3. The highest BCUT2D eigenvalue weighted by Crippen LogP contribution is 2.43. The van der Waals surface area contributed by atoms with E-state index >= 15 is 0 Å².